The van der Waals surface area contributed by atoms with Crippen molar-refractivity contribution in [1.29, 1.82) is 0 Å². The van der Waals surface area contributed by atoms with Crippen LogP contribution in [-0.4, -0.2) is 22.8 Å². The molecule has 0 aromatic heterocycles. The van der Waals surface area contributed by atoms with Gasteiger partial charge in [0.15, 0.2) is 0 Å². The molecule has 1 saturated carbocycles. The van der Waals surface area contributed by atoms with Gasteiger partial charge in [0.25, 0.3) is 0 Å². The lowest BCUT2D eigenvalue weighted by Crippen LogP contribution is -2.50. The van der Waals surface area contributed by atoms with E-state index in [1.54, 1.807) is 0 Å². The molecule has 11 heavy (non-hydrogen) atoms. The fourth-order valence-corrected chi connectivity index (χ4v) is 2.11. The van der Waals surface area contributed by atoms with Gasteiger partial charge in [0.2, 0.25) is 0 Å². The topological polar surface area (TPSA) is 57.5 Å². The summed E-state index contributed by atoms with van der Waals surface area (Å²) in [4.78, 5) is 10.7. The lowest BCUT2D eigenvalue weighted by Gasteiger charge is -2.49. The van der Waals surface area contributed by atoms with Crippen LogP contribution in [-0.2, 0) is 4.79 Å². The Morgan fingerprint density at radius 3 is 2.00 bits per heavy atom. The van der Waals surface area contributed by atoms with Gasteiger partial charge in [-0.25, -0.2) is 0 Å². The van der Waals surface area contributed by atoms with Gasteiger partial charge in [0.1, 0.15) is 0 Å². The first-order valence-electron chi connectivity index (χ1n) is 3.76. The lowest BCUT2D eigenvalue weighted by atomic mass is 9.55. The number of rotatable bonds is 2. The predicted octanol–water partition coefficient (Wildman–Crippen LogP) is 0.870. The molecular weight excluding hydrogens is 144 g/mol. The van der Waals surface area contributed by atoms with Crippen molar-refractivity contribution < 1.29 is 15.0 Å². The Balaban J connectivity index is 2.64. The zero-order valence-corrected chi connectivity index (χ0v) is 6.92. The minimum absolute atomic E-state index is 0.0983. The van der Waals surface area contributed by atoms with Crippen LogP contribution >= 0.6 is 0 Å². The van der Waals surface area contributed by atoms with Crippen molar-refractivity contribution in [2.45, 2.75) is 26.7 Å². The third-order valence-electron chi connectivity index (χ3n) is 2.39. The number of carboxylic acid groups (broad SMARTS) is 1. The number of hydrogen-bond donors (Lipinski definition) is 2. The van der Waals surface area contributed by atoms with Gasteiger partial charge < -0.3 is 10.2 Å². The Labute approximate surface area is 66.0 Å². The van der Waals surface area contributed by atoms with Gasteiger partial charge in [-0.15, -0.1) is 0 Å². The molecule has 0 aliphatic heterocycles. The average molecular weight is 158 g/mol. The molecule has 1 fully saturated rings. The van der Waals surface area contributed by atoms with E-state index in [9.17, 15) is 4.79 Å². The zero-order valence-electron chi connectivity index (χ0n) is 6.92. The molecule has 3 heteroatoms. The highest BCUT2D eigenvalue weighted by Gasteiger charge is 2.54. The Bertz CT molecular complexity index is 176. The summed E-state index contributed by atoms with van der Waals surface area (Å²) in [7, 11) is 0. The molecular formula is C8H14O3. The quantitative estimate of drug-likeness (QED) is 0.627. The van der Waals surface area contributed by atoms with Crippen molar-refractivity contribution in [3.8, 4) is 0 Å². The fourth-order valence-electron chi connectivity index (χ4n) is 2.11. The molecule has 0 aromatic carbocycles. The van der Waals surface area contributed by atoms with Crippen LogP contribution in [0.15, 0.2) is 0 Å². The van der Waals surface area contributed by atoms with Crippen LogP contribution in [0.2, 0.25) is 0 Å². The summed E-state index contributed by atoms with van der Waals surface area (Å²) in [5.41, 5.74) is -0.732. The van der Waals surface area contributed by atoms with Crippen LogP contribution in [0.4, 0.5) is 0 Å². The third kappa shape index (κ3) is 1.25. The van der Waals surface area contributed by atoms with Crippen molar-refractivity contribution in [1.82, 2.24) is 0 Å². The molecule has 0 atom stereocenters. The molecule has 0 spiro atoms. The second-order valence-electron chi connectivity index (χ2n) is 4.26. The summed E-state index contributed by atoms with van der Waals surface area (Å²) in [6.07, 6.45) is 1.18. The highest BCUT2D eigenvalue weighted by atomic mass is 16.4. The fraction of sp³-hybridized carbons (Fsp3) is 0.875. The molecule has 2 N–H and O–H groups in total. The van der Waals surface area contributed by atoms with E-state index in [-0.39, 0.29) is 12.0 Å². The highest BCUT2D eigenvalue weighted by molar-refractivity contribution is 5.76. The summed E-state index contributed by atoms with van der Waals surface area (Å²) in [5.74, 6) is -0.862. The third-order valence-corrected chi connectivity index (χ3v) is 2.39. The van der Waals surface area contributed by atoms with Crippen molar-refractivity contribution >= 4 is 5.97 Å². The second kappa shape index (κ2) is 2.21. The first-order valence-corrected chi connectivity index (χ1v) is 3.76. The number of aliphatic hydroxyl groups excluding tert-OH is 1. The van der Waals surface area contributed by atoms with E-state index in [0.717, 1.165) is 0 Å². The maximum Gasteiger partial charge on any atom is 0.312 e. The maximum absolute atomic E-state index is 10.7. The van der Waals surface area contributed by atoms with Gasteiger partial charge >= 0.3 is 5.97 Å². The molecule has 0 bridgehead atoms. The second-order valence-corrected chi connectivity index (χ2v) is 4.26. The molecule has 64 valence electrons. The molecule has 0 saturated heterocycles. The minimum atomic E-state index is -0.862. The maximum atomic E-state index is 10.7. The largest absolute Gasteiger partial charge is 0.481 e. The summed E-state index contributed by atoms with van der Waals surface area (Å²) in [6, 6.07) is 0. The van der Waals surface area contributed by atoms with E-state index in [2.05, 4.69) is 0 Å². The summed E-state index contributed by atoms with van der Waals surface area (Å²) in [5, 5.41) is 17.6. The Morgan fingerprint density at radius 2 is 1.91 bits per heavy atom. The van der Waals surface area contributed by atoms with Gasteiger partial charge in [0, 0.05) is 0 Å². The molecule has 1 rings (SSSR count). The molecule has 0 heterocycles. The first-order chi connectivity index (χ1) is 4.92. The standard InChI is InChI=1S/C8H14O3/c1-7(2)3-8(4-7,5-9)6(10)11/h9H,3-5H2,1-2H3,(H,10,11). The van der Waals surface area contributed by atoms with Crippen LogP contribution < -0.4 is 0 Å². The van der Waals surface area contributed by atoms with Crippen molar-refractivity contribution in [3.05, 3.63) is 0 Å². The van der Waals surface area contributed by atoms with E-state index in [4.69, 9.17) is 10.2 Å². The van der Waals surface area contributed by atoms with E-state index in [1.165, 1.54) is 0 Å². The average Bonchev–Trinajstić information content (AvgIpc) is 1.81. The van der Waals surface area contributed by atoms with Crippen molar-refractivity contribution in [3.63, 3.8) is 0 Å². The van der Waals surface area contributed by atoms with Crippen molar-refractivity contribution in [2.75, 3.05) is 6.61 Å². The molecule has 1 aliphatic carbocycles. The van der Waals surface area contributed by atoms with Gasteiger partial charge in [0.05, 0.1) is 12.0 Å². The number of aliphatic carboxylic acids is 1. The zero-order chi connectivity index (χ0) is 8.70. The Morgan fingerprint density at radius 1 is 1.45 bits per heavy atom. The molecule has 0 amide bonds. The van der Waals surface area contributed by atoms with Gasteiger partial charge in [-0.05, 0) is 18.3 Å². The van der Waals surface area contributed by atoms with Crippen molar-refractivity contribution in [2.24, 2.45) is 10.8 Å². The number of hydrogen-bond acceptors (Lipinski definition) is 2. The molecule has 0 aromatic rings. The number of carbonyl (C=O) groups is 1. The SMILES string of the molecule is CC1(C)CC(CO)(C(=O)O)C1. The Hall–Kier alpha value is -0.570. The van der Waals surface area contributed by atoms with Crippen LogP contribution in [0.25, 0.3) is 0 Å². The Kier molecular flexibility index (Phi) is 1.71. The van der Waals surface area contributed by atoms with Gasteiger partial charge in [-0.2, -0.15) is 0 Å². The highest BCUT2D eigenvalue weighted by Crippen LogP contribution is 2.53. The first kappa shape index (κ1) is 8.53. The smallest absolute Gasteiger partial charge is 0.312 e. The number of aliphatic hydroxyl groups is 1. The molecule has 3 nitrogen and oxygen atoms in total. The van der Waals surface area contributed by atoms with E-state index < -0.39 is 11.4 Å². The molecule has 0 radical (unpaired) electrons. The van der Waals surface area contributed by atoms with Crippen LogP contribution in [0.5, 0.6) is 0 Å². The van der Waals surface area contributed by atoms with Gasteiger partial charge in [-0.3, -0.25) is 4.79 Å². The molecule has 0 unspecified atom stereocenters. The van der Waals surface area contributed by atoms with Crippen LogP contribution in [0.3, 0.4) is 0 Å². The number of carboxylic acids is 1. The van der Waals surface area contributed by atoms with E-state index in [1.807, 2.05) is 13.8 Å². The summed E-state index contributed by atoms with van der Waals surface area (Å²) >= 11 is 0. The van der Waals surface area contributed by atoms with Crippen LogP contribution in [0, 0.1) is 10.8 Å². The lowest BCUT2D eigenvalue weighted by molar-refractivity contribution is -0.168. The predicted molar refractivity (Wildman–Crippen MR) is 40.2 cm³/mol. The summed E-state index contributed by atoms with van der Waals surface area (Å²) < 4.78 is 0. The van der Waals surface area contributed by atoms with E-state index in [0.29, 0.717) is 12.8 Å². The molecule has 1 aliphatic rings. The van der Waals surface area contributed by atoms with Gasteiger partial charge in [-0.1, -0.05) is 13.8 Å². The minimum Gasteiger partial charge on any atom is -0.481 e. The van der Waals surface area contributed by atoms with E-state index >= 15 is 0 Å². The van der Waals surface area contributed by atoms with Crippen LogP contribution in [0.1, 0.15) is 26.7 Å². The summed E-state index contributed by atoms with van der Waals surface area (Å²) in [6.45, 7) is 3.81. The normalized spacial score (nSPS) is 25.7. The monoisotopic (exact) mass is 158 g/mol.